The summed E-state index contributed by atoms with van der Waals surface area (Å²) in [6.45, 7) is 4.66. The topological polar surface area (TPSA) is 86.2 Å². The molecule has 0 saturated heterocycles. The van der Waals surface area contributed by atoms with Crippen LogP contribution in [0.4, 0.5) is 0 Å². The van der Waals surface area contributed by atoms with Crippen molar-refractivity contribution in [2.24, 2.45) is 5.10 Å². The van der Waals surface area contributed by atoms with Crippen molar-refractivity contribution in [2.75, 3.05) is 13.2 Å². The minimum absolute atomic E-state index is 0.288. The average Bonchev–Trinajstić information content (AvgIpc) is 2.82. The zero-order valence-corrected chi connectivity index (χ0v) is 17.9. The largest absolute Gasteiger partial charge is 0.494 e. The SMILES string of the molecule is CCOc1ccc(C(=O)Oc2ccc(/C=N/NC(=O)c3ccccc3)cc2OCC)cc1. The predicted molar refractivity (Wildman–Crippen MR) is 122 cm³/mol. The number of esters is 1. The van der Waals surface area contributed by atoms with Crippen LogP contribution in [0.1, 0.15) is 40.1 Å². The molecule has 0 heterocycles. The second kappa shape index (κ2) is 11.3. The number of benzene rings is 3. The van der Waals surface area contributed by atoms with Crippen molar-refractivity contribution in [3.05, 3.63) is 89.5 Å². The summed E-state index contributed by atoms with van der Waals surface area (Å²) in [5.74, 6) is 0.543. The monoisotopic (exact) mass is 432 g/mol. The number of carbonyl (C=O) groups is 2. The van der Waals surface area contributed by atoms with Crippen molar-refractivity contribution in [1.29, 1.82) is 0 Å². The van der Waals surface area contributed by atoms with Gasteiger partial charge in [-0.2, -0.15) is 5.10 Å². The Morgan fingerprint density at radius 1 is 0.844 bits per heavy atom. The van der Waals surface area contributed by atoms with Crippen molar-refractivity contribution in [2.45, 2.75) is 13.8 Å². The zero-order chi connectivity index (χ0) is 22.8. The van der Waals surface area contributed by atoms with Gasteiger partial charge >= 0.3 is 5.97 Å². The van der Waals surface area contributed by atoms with E-state index in [0.29, 0.717) is 41.4 Å². The van der Waals surface area contributed by atoms with Crippen molar-refractivity contribution in [3.63, 3.8) is 0 Å². The van der Waals surface area contributed by atoms with Crippen LogP contribution in [0.3, 0.4) is 0 Å². The zero-order valence-electron chi connectivity index (χ0n) is 17.9. The summed E-state index contributed by atoms with van der Waals surface area (Å²) in [6.07, 6.45) is 1.49. The van der Waals surface area contributed by atoms with Gasteiger partial charge in [0.1, 0.15) is 5.75 Å². The Labute approximate surface area is 186 Å². The molecular formula is C25H24N2O5. The summed E-state index contributed by atoms with van der Waals surface area (Å²) < 4.78 is 16.5. The highest BCUT2D eigenvalue weighted by molar-refractivity contribution is 5.95. The minimum atomic E-state index is -0.509. The quantitative estimate of drug-likeness (QED) is 0.233. The first kappa shape index (κ1) is 22.6. The molecule has 1 amide bonds. The smallest absolute Gasteiger partial charge is 0.343 e. The maximum Gasteiger partial charge on any atom is 0.343 e. The molecule has 7 nitrogen and oxygen atoms in total. The molecule has 0 unspecified atom stereocenters. The lowest BCUT2D eigenvalue weighted by Crippen LogP contribution is -2.17. The lowest BCUT2D eigenvalue weighted by Gasteiger charge is -2.11. The van der Waals surface area contributed by atoms with Crippen LogP contribution >= 0.6 is 0 Å². The van der Waals surface area contributed by atoms with Gasteiger partial charge in [-0.25, -0.2) is 10.2 Å². The molecule has 0 aromatic heterocycles. The fourth-order valence-electron chi connectivity index (χ4n) is 2.79. The number of hydrazone groups is 1. The molecule has 0 spiro atoms. The summed E-state index contributed by atoms with van der Waals surface area (Å²) in [5.41, 5.74) is 4.05. The van der Waals surface area contributed by atoms with Gasteiger partial charge in [-0.15, -0.1) is 0 Å². The number of rotatable bonds is 9. The van der Waals surface area contributed by atoms with Crippen LogP contribution in [-0.2, 0) is 0 Å². The molecule has 0 fully saturated rings. The average molecular weight is 432 g/mol. The highest BCUT2D eigenvalue weighted by Crippen LogP contribution is 2.29. The molecular weight excluding hydrogens is 408 g/mol. The summed E-state index contributed by atoms with van der Waals surface area (Å²) in [6, 6.07) is 20.5. The van der Waals surface area contributed by atoms with E-state index >= 15 is 0 Å². The molecule has 0 aliphatic heterocycles. The van der Waals surface area contributed by atoms with E-state index in [4.69, 9.17) is 14.2 Å². The molecule has 0 atom stereocenters. The maximum atomic E-state index is 12.5. The standard InChI is InChI=1S/C25H24N2O5/c1-3-30-21-13-11-20(12-14-21)25(29)32-22-15-10-18(16-23(22)31-4-2)17-26-27-24(28)19-8-6-5-7-9-19/h5-17H,3-4H2,1-2H3,(H,27,28)/b26-17+. The van der Waals surface area contributed by atoms with Crippen molar-refractivity contribution >= 4 is 18.1 Å². The number of nitrogens with one attached hydrogen (secondary N) is 1. The molecule has 7 heteroatoms. The number of hydrogen-bond donors (Lipinski definition) is 1. The highest BCUT2D eigenvalue weighted by Gasteiger charge is 2.13. The molecule has 0 aliphatic rings. The van der Waals surface area contributed by atoms with E-state index in [9.17, 15) is 9.59 Å². The van der Waals surface area contributed by atoms with Gasteiger partial charge in [-0.1, -0.05) is 18.2 Å². The second-order valence-electron chi connectivity index (χ2n) is 6.55. The molecule has 0 radical (unpaired) electrons. The van der Waals surface area contributed by atoms with Crippen LogP contribution in [0, 0.1) is 0 Å². The molecule has 3 rings (SSSR count). The second-order valence-corrected chi connectivity index (χ2v) is 6.55. The van der Waals surface area contributed by atoms with Gasteiger partial charge in [0, 0.05) is 5.56 Å². The Bertz CT molecular complexity index is 1080. The van der Waals surface area contributed by atoms with E-state index in [1.54, 1.807) is 66.7 Å². The van der Waals surface area contributed by atoms with E-state index in [-0.39, 0.29) is 11.7 Å². The Balaban J connectivity index is 1.68. The van der Waals surface area contributed by atoms with Gasteiger partial charge in [0.2, 0.25) is 0 Å². The van der Waals surface area contributed by atoms with E-state index in [0.717, 1.165) is 0 Å². The molecule has 0 bridgehead atoms. The van der Waals surface area contributed by atoms with E-state index in [1.165, 1.54) is 6.21 Å². The lowest BCUT2D eigenvalue weighted by molar-refractivity contribution is 0.0728. The minimum Gasteiger partial charge on any atom is -0.494 e. The number of carbonyl (C=O) groups excluding carboxylic acids is 2. The first-order valence-corrected chi connectivity index (χ1v) is 10.2. The molecule has 32 heavy (non-hydrogen) atoms. The van der Waals surface area contributed by atoms with Gasteiger partial charge in [-0.05, 0) is 74.0 Å². The molecule has 0 saturated carbocycles. The Morgan fingerprint density at radius 2 is 1.56 bits per heavy atom. The van der Waals surface area contributed by atoms with Gasteiger partial charge in [0.05, 0.1) is 25.0 Å². The number of ether oxygens (including phenoxy) is 3. The molecule has 3 aromatic rings. The lowest BCUT2D eigenvalue weighted by atomic mass is 10.2. The molecule has 164 valence electrons. The number of amides is 1. The van der Waals surface area contributed by atoms with E-state index < -0.39 is 5.97 Å². The molecule has 0 aliphatic carbocycles. The predicted octanol–water partition coefficient (Wildman–Crippen LogP) is 4.47. The number of nitrogens with zero attached hydrogens (tertiary/aromatic N) is 1. The molecule has 3 aromatic carbocycles. The molecule has 1 N–H and O–H groups in total. The van der Waals surface area contributed by atoms with Crippen LogP contribution in [0.2, 0.25) is 0 Å². The van der Waals surface area contributed by atoms with Gasteiger partial charge in [0.15, 0.2) is 11.5 Å². The summed E-state index contributed by atoms with van der Waals surface area (Å²) in [7, 11) is 0. The fraction of sp³-hybridized carbons (Fsp3) is 0.160. The van der Waals surface area contributed by atoms with Crippen molar-refractivity contribution < 1.29 is 23.8 Å². The maximum absolute atomic E-state index is 12.5. The van der Waals surface area contributed by atoms with Crippen molar-refractivity contribution in [3.8, 4) is 17.2 Å². The van der Waals surface area contributed by atoms with Crippen LogP contribution in [0.25, 0.3) is 0 Å². The third kappa shape index (κ3) is 6.18. The summed E-state index contributed by atoms with van der Waals surface area (Å²) >= 11 is 0. The third-order valence-electron chi connectivity index (χ3n) is 4.29. The Morgan fingerprint density at radius 3 is 2.25 bits per heavy atom. The van der Waals surface area contributed by atoms with E-state index in [1.807, 2.05) is 19.9 Å². The van der Waals surface area contributed by atoms with Crippen LogP contribution in [-0.4, -0.2) is 31.3 Å². The third-order valence-corrected chi connectivity index (χ3v) is 4.29. The van der Waals surface area contributed by atoms with Gasteiger partial charge in [0.25, 0.3) is 5.91 Å². The fourth-order valence-corrected chi connectivity index (χ4v) is 2.79. The van der Waals surface area contributed by atoms with Crippen LogP contribution in [0.15, 0.2) is 77.9 Å². The van der Waals surface area contributed by atoms with E-state index in [2.05, 4.69) is 10.5 Å². The Kier molecular flexibility index (Phi) is 7.97. The normalized spacial score (nSPS) is 10.6. The van der Waals surface area contributed by atoms with Gasteiger partial charge < -0.3 is 14.2 Å². The van der Waals surface area contributed by atoms with Crippen LogP contribution < -0.4 is 19.6 Å². The van der Waals surface area contributed by atoms with Crippen molar-refractivity contribution in [1.82, 2.24) is 5.43 Å². The number of hydrogen-bond acceptors (Lipinski definition) is 6. The van der Waals surface area contributed by atoms with Gasteiger partial charge in [-0.3, -0.25) is 4.79 Å². The first-order chi connectivity index (χ1) is 15.6. The van der Waals surface area contributed by atoms with Crippen LogP contribution in [0.5, 0.6) is 17.2 Å². The highest BCUT2D eigenvalue weighted by atomic mass is 16.6. The summed E-state index contributed by atoms with van der Waals surface area (Å²) in [4.78, 5) is 24.6. The first-order valence-electron chi connectivity index (χ1n) is 10.2. The Hall–Kier alpha value is -4.13. The summed E-state index contributed by atoms with van der Waals surface area (Å²) in [5, 5.41) is 3.98.